The summed E-state index contributed by atoms with van der Waals surface area (Å²) in [6.45, 7) is 4.80. The first-order valence-corrected chi connectivity index (χ1v) is 7.70. The number of aromatic nitrogens is 1. The minimum Gasteiger partial charge on any atom is -0.311 e. The number of benzene rings is 2. The van der Waals surface area contributed by atoms with E-state index in [4.69, 9.17) is 5.26 Å². The zero-order valence-corrected chi connectivity index (χ0v) is 13.3. The van der Waals surface area contributed by atoms with Crippen molar-refractivity contribution in [1.29, 1.82) is 5.26 Å². The van der Waals surface area contributed by atoms with E-state index in [1.165, 1.54) is 5.56 Å². The molecule has 0 bridgehead atoms. The minimum absolute atomic E-state index is 0.0159. The maximum atomic E-state index is 12.6. The molecule has 0 amide bonds. The van der Waals surface area contributed by atoms with Gasteiger partial charge in [-0.3, -0.25) is 4.79 Å². The molecule has 0 unspecified atom stereocenters. The van der Waals surface area contributed by atoms with E-state index in [2.05, 4.69) is 26.0 Å². The molecule has 0 aliphatic rings. The number of hydrogen-bond donors (Lipinski definition) is 0. The van der Waals surface area contributed by atoms with Crippen LogP contribution in [0, 0.1) is 11.3 Å². The second-order valence-corrected chi connectivity index (χ2v) is 6.06. The normalized spacial score (nSPS) is 10.9. The Labute approximate surface area is 135 Å². The number of pyridine rings is 1. The van der Waals surface area contributed by atoms with Gasteiger partial charge in [-0.2, -0.15) is 5.26 Å². The lowest BCUT2D eigenvalue weighted by atomic mass is 10.00. The van der Waals surface area contributed by atoms with Gasteiger partial charge in [0.15, 0.2) is 0 Å². The van der Waals surface area contributed by atoms with Gasteiger partial charge in [-0.1, -0.05) is 38.1 Å². The van der Waals surface area contributed by atoms with Gasteiger partial charge in [0.05, 0.1) is 18.2 Å². The molecule has 2 aromatic carbocycles. The molecule has 23 heavy (non-hydrogen) atoms. The number of fused-ring (bicyclic) bond motifs is 1. The molecule has 0 spiro atoms. The monoisotopic (exact) mass is 302 g/mol. The number of nitriles is 1. The summed E-state index contributed by atoms with van der Waals surface area (Å²) < 4.78 is 1.71. The molecule has 1 aromatic heterocycles. The molecule has 3 heteroatoms. The largest absolute Gasteiger partial charge is 0.311 e. The summed E-state index contributed by atoms with van der Waals surface area (Å²) in [4.78, 5) is 12.6. The van der Waals surface area contributed by atoms with Crippen LogP contribution in [0.1, 0.15) is 36.5 Å². The van der Waals surface area contributed by atoms with Crippen LogP contribution in [0.25, 0.3) is 10.8 Å². The van der Waals surface area contributed by atoms with Crippen LogP contribution in [0.4, 0.5) is 0 Å². The lowest BCUT2D eigenvalue weighted by molar-refractivity contribution is 0.767. The van der Waals surface area contributed by atoms with Crippen molar-refractivity contribution in [3.63, 3.8) is 0 Å². The van der Waals surface area contributed by atoms with Crippen molar-refractivity contribution in [3.8, 4) is 6.07 Å². The molecule has 0 saturated carbocycles. The summed E-state index contributed by atoms with van der Waals surface area (Å²) >= 11 is 0. The summed E-state index contributed by atoms with van der Waals surface area (Å²) in [6.07, 6.45) is 1.84. The summed E-state index contributed by atoms with van der Waals surface area (Å²) in [5.74, 6) is 0.445. The Balaban J connectivity index is 1.98. The summed E-state index contributed by atoms with van der Waals surface area (Å²) in [6, 6.07) is 17.4. The van der Waals surface area contributed by atoms with Crippen molar-refractivity contribution in [1.82, 2.24) is 4.57 Å². The summed E-state index contributed by atoms with van der Waals surface area (Å²) in [5.41, 5.74) is 2.88. The van der Waals surface area contributed by atoms with E-state index in [9.17, 15) is 4.79 Å². The third-order valence-corrected chi connectivity index (χ3v) is 4.10. The second-order valence-electron chi connectivity index (χ2n) is 6.06. The topological polar surface area (TPSA) is 45.8 Å². The predicted octanol–water partition coefficient (Wildman–Crippen LogP) is 4.04. The van der Waals surface area contributed by atoms with Gasteiger partial charge < -0.3 is 4.57 Å². The van der Waals surface area contributed by atoms with Gasteiger partial charge in [0.2, 0.25) is 0 Å². The van der Waals surface area contributed by atoms with Gasteiger partial charge in [0, 0.05) is 11.6 Å². The molecule has 0 aliphatic carbocycles. The van der Waals surface area contributed by atoms with Crippen LogP contribution >= 0.6 is 0 Å². The van der Waals surface area contributed by atoms with Crippen LogP contribution in [0.5, 0.6) is 0 Å². The number of nitrogens with zero attached hydrogens (tertiary/aromatic N) is 2. The molecule has 0 N–H and O–H groups in total. The molecule has 0 radical (unpaired) electrons. The highest BCUT2D eigenvalue weighted by atomic mass is 16.1. The van der Waals surface area contributed by atoms with Gasteiger partial charge in [0.25, 0.3) is 5.56 Å². The van der Waals surface area contributed by atoms with E-state index >= 15 is 0 Å². The summed E-state index contributed by atoms with van der Waals surface area (Å²) in [7, 11) is 0. The van der Waals surface area contributed by atoms with Crippen LogP contribution in [0.15, 0.2) is 59.5 Å². The molecule has 0 fully saturated rings. The van der Waals surface area contributed by atoms with Gasteiger partial charge in [-0.05, 0) is 46.7 Å². The Hall–Kier alpha value is -2.86. The SMILES string of the molecule is CC(C)c1ccc2c(=O)n(Cc3ccc(C#N)cc3)ccc2c1. The van der Waals surface area contributed by atoms with Crippen molar-refractivity contribution >= 4 is 10.8 Å². The number of hydrogen-bond acceptors (Lipinski definition) is 2. The van der Waals surface area contributed by atoms with Gasteiger partial charge in [-0.15, -0.1) is 0 Å². The van der Waals surface area contributed by atoms with Crippen molar-refractivity contribution in [3.05, 3.63) is 81.8 Å². The first-order valence-electron chi connectivity index (χ1n) is 7.70. The van der Waals surface area contributed by atoms with Gasteiger partial charge in [-0.25, -0.2) is 0 Å². The van der Waals surface area contributed by atoms with Crippen molar-refractivity contribution < 1.29 is 0 Å². The van der Waals surface area contributed by atoms with Gasteiger partial charge >= 0.3 is 0 Å². The number of rotatable bonds is 3. The summed E-state index contributed by atoms with van der Waals surface area (Å²) in [5, 5.41) is 10.6. The molecule has 3 rings (SSSR count). The van der Waals surface area contributed by atoms with Crippen LogP contribution < -0.4 is 5.56 Å². The zero-order valence-electron chi connectivity index (χ0n) is 13.3. The van der Waals surface area contributed by atoms with E-state index in [1.807, 2.05) is 36.5 Å². The fourth-order valence-electron chi connectivity index (χ4n) is 2.67. The lowest BCUT2D eigenvalue weighted by Crippen LogP contribution is -2.20. The highest BCUT2D eigenvalue weighted by Crippen LogP contribution is 2.19. The Bertz CT molecular complexity index is 944. The first-order chi connectivity index (χ1) is 11.1. The third-order valence-electron chi connectivity index (χ3n) is 4.10. The van der Waals surface area contributed by atoms with Crippen molar-refractivity contribution in [2.24, 2.45) is 0 Å². The van der Waals surface area contributed by atoms with Crippen LogP contribution in [-0.4, -0.2) is 4.57 Å². The molecule has 3 aromatic rings. The van der Waals surface area contributed by atoms with Gasteiger partial charge in [0.1, 0.15) is 0 Å². The van der Waals surface area contributed by atoms with E-state index < -0.39 is 0 Å². The minimum atomic E-state index is 0.0159. The molecule has 0 saturated heterocycles. The standard InChI is InChI=1S/C20H18N2O/c1-14(2)17-7-8-19-18(11-17)9-10-22(20(19)23)13-16-5-3-15(12-21)4-6-16/h3-11,14H,13H2,1-2H3. The quantitative estimate of drug-likeness (QED) is 0.733. The van der Waals surface area contributed by atoms with Crippen LogP contribution in [0.3, 0.4) is 0 Å². The Morgan fingerprint density at radius 1 is 1.09 bits per heavy atom. The molecule has 0 aliphatic heterocycles. The van der Waals surface area contributed by atoms with E-state index in [1.54, 1.807) is 16.7 Å². The maximum absolute atomic E-state index is 12.6. The highest BCUT2D eigenvalue weighted by molar-refractivity contribution is 5.82. The average Bonchev–Trinajstić information content (AvgIpc) is 2.57. The van der Waals surface area contributed by atoms with E-state index in [0.29, 0.717) is 18.0 Å². The molecule has 3 nitrogen and oxygen atoms in total. The first kappa shape index (κ1) is 15.1. The zero-order chi connectivity index (χ0) is 16.4. The Morgan fingerprint density at radius 2 is 1.83 bits per heavy atom. The van der Waals surface area contributed by atoms with Crippen LogP contribution in [-0.2, 0) is 6.54 Å². The molecule has 114 valence electrons. The molecule has 0 atom stereocenters. The highest BCUT2D eigenvalue weighted by Gasteiger charge is 2.06. The molecular formula is C20H18N2O. The van der Waals surface area contributed by atoms with E-state index in [0.717, 1.165) is 16.3 Å². The Morgan fingerprint density at radius 3 is 2.48 bits per heavy atom. The lowest BCUT2D eigenvalue weighted by Gasteiger charge is -2.10. The van der Waals surface area contributed by atoms with Crippen molar-refractivity contribution in [2.75, 3.05) is 0 Å². The fourth-order valence-corrected chi connectivity index (χ4v) is 2.67. The third kappa shape index (κ3) is 3.02. The van der Waals surface area contributed by atoms with Crippen LogP contribution in [0.2, 0.25) is 0 Å². The fraction of sp³-hybridized carbons (Fsp3) is 0.200. The van der Waals surface area contributed by atoms with E-state index in [-0.39, 0.29) is 5.56 Å². The molecule has 1 heterocycles. The average molecular weight is 302 g/mol. The second kappa shape index (κ2) is 6.10. The van der Waals surface area contributed by atoms with Crippen molar-refractivity contribution in [2.45, 2.75) is 26.3 Å². The smallest absolute Gasteiger partial charge is 0.258 e. The molecular weight excluding hydrogens is 284 g/mol. The predicted molar refractivity (Wildman–Crippen MR) is 92.6 cm³/mol. The maximum Gasteiger partial charge on any atom is 0.258 e. The Kier molecular flexibility index (Phi) is 3.99.